The third-order valence-corrected chi connectivity index (χ3v) is 2.26. The Morgan fingerprint density at radius 2 is 1.71 bits per heavy atom. The molecular formula is C11H16O3. The third kappa shape index (κ3) is 3.46. The lowest BCUT2D eigenvalue weighted by Crippen LogP contribution is -2.23. The molecule has 3 heteroatoms. The predicted molar refractivity (Wildman–Crippen MR) is 53.6 cm³/mol. The van der Waals surface area contributed by atoms with Gasteiger partial charge in [-0.2, -0.15) is 0 Å². The molecule has 1 atom stereocenters. The Morgan fingerprint density at radius 1 is 1.07 bits per heavy atom. The normalized spacial score (nSPS) is 13.1. The van der Waals surface area contributed by atoms with Gasteiger partial charge in [0.1, 0.15) is 0 Å². The topological polar surface area (TPSA) is 60.7 Å². The third-order valence-electron chi connectivity index (χ3n) is 2.26. The summed E-state index contributed by atoms with van der Waals surface area (Å²) < 4.78 is 0. The first-order valence-electron chi connectivity index (χ1n) is 4.75. The van der Waals surface area contributed by atoms with Crippen molar-refractivity contribution >= 4 is 0 Å². The first kappa shape index (κ1) is 11.2. The van der Waals surface area contributed by atoms with E-state index in [2.05, 4.69) is 0 Å². The molecule has 1 unspecified atom stereocenters. The standard InChI is InChI=1S/C11H16O3/c12-7-6-10(11(13)14)8-9-4-2-1-3-5-9/h1-5,10-14H,6-8H2. The second kappa shape index (κ2) is 5.75. The van der Waals surface area contributed by atoms with Crippen LogP contribution >= 0.6 is 0 Å². The number of hydrogen-bond acceptors (Lipinski definition) is 3. The van der Waals surface area contributed by atoms with Crippen LogP contribution in [0.5, 0.6) is 0 Å². The van der Waals surface area contributed by atoms with Crippen molar-refractivity contribution in [2.75, 3.05) is 6.61 Å². The molecule has 0 aliphatic heterocycles. The Balaban J connectivity index is 2.55. The zero-order chi connectivity index (χ0) is 10.4. The van der Waals surface area contributed by atoms with Crippen LogP contribution in [0.2, 0.25) is 0 Å². The number of hydrogen-bond donors (Lipinski definition) is 3. The summed E-state index contributed by atoms with van der Waals surface area (Å²) in [4.78, 5) is 0. The molecule has 0 saturated heterocycles. The van der Waals surface area contributed by atoms with Gasteiger partial charge in [0.25, 0.3) is 0 Å². The first-order valence-corrected chi connectivity index (χ1v) is 4.75. The second-order valence-electron chi connectivity index (χ2n) is 3.38. The van der Waals surface area contributed by atoms with Crippen LogP contribution in [0.1, 0.15) is 12.0 Å². The monoisotopic (exact) mass is 196 g/mol. The summed E-state index contributed by atoms with van der Waals surface area (Å²) in [6.07, 6.45) is -0.367. The maximum Gasteiger partial charge on any atom is 0.154 e. The van der Waals surface area contributed by atoms with Gasteiger partial charge in [-0.3, -0.25) is 0 Å². The maximum atomic E-state index is 9.05. The molecule has 0 aromatic heterocycles. The Bertz CT molecular complexity index is 246. The number of aliphatic hydroxyl groups is 3. The highest BCUT2D eigenvalue weighted by atomic mass is 16.5. The zero-order valence-corrected chi connectivity index (χ0v) is 8.00. The van der Waals surface area contributed by atoms with Crippen molar-refractivity contribution in [1.82, 2.24) is 0 Å². The van der Waals surface area contributed by atoms with Crippen molar-refractivity contribution in [2.24, 2.45) is 5.92 Å². The van der Waals surface area contributed by atoms with Crippen molar-refractivity contribution in [3.8, 4) is 0 Å². The predicted octanol–water partition coefficient (Wildman–Crippen LogP) is 0.538. The van der Waals surface area contributed by atoms with E-state index in [1.165, 1.54) is 0 Å². The van der Waals surface area contributed by atoms with Gasteiger partial charge in [0, 0.05) is 12.5 Å². The van der Waals surface area contributed by atoms with Crippen LogP contribution in [0.25, 0.3) is 0 Å². The van der Waals surface area contributed by atoms with Crippen LogP contribution in [0.4, 0.5) is 0 Å². The van der Waals surface area contributed by atoms with Crippen molar-refractivity contribution < 1.29 is 15.3 Å². The van der Waals surface area contributed by atoms with Crippen molar-refractivity contribution in [3.05, 3.63) is 35.9 Å². The van der Waals surface area contributed by atoms with E-state index in [-0.39, 0.29) is 12.5 Å². The summed E-state index contributed by atoms with van der Waals surface area (Å²) in [6, 6.07) is 9.61. The van der Waals surface area contributed by atoms with E-state index in [4.69, 9.17) is 15.3 Å². The zero-order valence-electron chi connectivity index (χ0n) is 8.00. The fourth-order valence-corrected chi connectivity index (χ4v) is 1.44. The molecule has 3 nitrogen and oxygen atoms in total. The highest BCUT2D eigenvalue weighted by Gasteiger charge is 2.16. The molecule has 0 radical (unpaired) electrons. The minimum atomic E-state index is -1.36. The lowest BCUT2D eigenvalue weighted by molar-refractivity contribution is -0.0885. The minimum Gasteiger partial charge on any atom is -0.396 e. The molecule has 78 valence electrons. The van der Waals surface area contributed by atoms with Crippen LogP contribution in [-0.2, 0) is 6.42 Å². The summed E-state index contributed by atoms with van der Waals surface area (Å²) in [5.41, 5.74) is 1.05. The molecule has 3 N–H and O–H groups in total. The number of benzene rings is 1. The maximum absolute atomic E-state index is 9.05. The van der Waals surface area contributed by atoms with Crippen LogP contribution < -0.4 is 0 Å². The fraction of sp³-hybridized carbons (Fsp3) is 0.455. The molecule has 1 rings (SSSR count). The van der Waals surface area contributed by atoms with E-state index in [9.17, 15) is 0 Å². The van der Waals surface area contributed by atoms with Crippen LogP contribution in [0, 0.1) is 5.92 Å². The minimum absolute atomic E-state index is 0.0187. The van der Waals surface area contributed by atoms with E-state index in [1.807, 2.05) is 30.3 Å². The SMILES string of the molecule is OCCC(Cc1ccccc1)C(O)O. The van der Waals surface area contributed by atoms with Gasteiger partial charge in [0.2, 0.25) is 0 Å². The Labute approximate surface area is 83.6 Å². The molecule has 0 fully saturated rings. The van der Waals surface area contributed by atoms with E-state index in [1.54, 1.807) is 0 Å². The van der Waals surface area contributed by atoms with E-state index in [0.29, 0.717) is 12.8 Å². The summed E-state index contributed by atoms with van der Waals surface area (Å²) in [5.74, 6) is -0.289. The Hall–Kier alpha value is -0.900. The highest BCUT2D eigenvalue weighted by molar-refractivity contribution is 5.15. The largest absolute Gasteiger partial charge is 0.396 e. The fourth-order valence-electron chi connectivity index (χ4n) is 1.44. The molecule has 0 amide bonds. The molecule has 0 aliphatic rings. The smallest absolute Gasteiger partial charge is 0.154 e. The molecule has 0 heterocycles. The van der Waals surface area contributed by atoms with Gasteiger partial charge in [-0.1, -0.05) is 30.3 Å². The summed E-state index contributed by atoms with van der Waals surface area (Å²) in [7, 11) is 0. The molecule has 14 heavy (non-hydrogen) atoms. The van der Waals surface area contributed by atoms with Crippen molar-refractivity contribution in [3.63, 3.8) is 0 Å². The molecule has 1 aromatic carbocycles. The Morgan fingerprint density at radius 3 is 2.21 bits per heavy atom. The van der Waals surface area contributed by atoms with E-state index >= 15 is 0 Å². The summed E-state index contributed by atoms with van der Waals surface area (Å²) in [6.45, 7) is -0.0187. The van der Waals surface area contributed by atoms with Crippen LogP contribution in [0.3, 0.4) is 0 Å². The first-order chi connectivity index (χ1) is 6.74. The average Bonchev–Trinajstić information content (AvgIpc) is 2.18. The molecule has 0 aliphatic carbocycles. The van der Waals surface area contributed by atoms with Crippen molar-refractivity contribution in [1.29, 1.82) is 0 Å². The molecule has 0 saturated carbocycles. The number of rotatable bonds is 5. The van der Waals surface area contributed by atoms with Gasteiger partial charge in [-0.25, -0.2) is 0 Å². The van der Waals surface area contributed by atoms with Gasteiger partial charge in [0.05, 0.1) is 0 Å². The van der Waals surface area contributed by atoms with E-state index < -0.39 is 6.29 Å². The lowest BCUT2D eigenvalue weighted by atomic mass is 9.96. The highest BCUT2D eigenvalue weighted by Crippen LogP contribution is 2.14. The number of aliphatic hydroxyl groups excluding tert-OH is 2. The van der Waals surface area contributed by atoms with Gasteiger partial charge in [-0.05, 0) is 18.4 Å². The summed E-state index contributed by atoms with van der Waals surface area (Å²) >= 11 is 0. The molecule has 0 spiro atoms. The van der Waals surface area contributed by atoms with Crippen LogP contribution in [-0.4, -0.2) is 28.2 Å². The van der Waals surface area contributed by atoms with Crippen LogP contribution in [0.15, 0.2) is 30.3 Å². The quantitative estimate of drug-likeness (QED) is 0.602. The molecule has 0 bridgehead atoms. The lowest BCUT2D eigenvalue weighted by Gasteiger charge is -2.17. The van der Waals surface area contributed by atoms with Gasteiger partial charge in [-0.15, -0.1) is 0 Å². The Kier molecular flexibility index (Phi) is 4.59. The van der Waals surface area contributed by atoms with Gasteiger partial charge in [0.15, 0.2) is 6.29 Å². The molecule has 1 aromatic rings. The second-order valence-corrected chi connectivity index (χ2v) is 3.38. The summed E-state index contributed by atoms with van der Waals surface area (Å²) in [5, 5.41) is 26.8. The molecular weight excluding hydrogens is 180 g/mol. The van der Waals surface area contributed by atoms with Gasteiger partial charge < -0.3 is 15.3 Å². The average molecular weight is 196 g/mol. The van der Waals surface area contributed by atoms with E-state index in [0.717, 1.165) is 5.56 Å². The van der Waals surface area contributed by atoms with Gasteiger partial charge >= 0.3 is 0 Å². The van der Waals surface area contributed by atoms with Crippen molar-refractivity contribution in [2.45, 2.75) is 19.1 Å².